The summed E-state index contributed by atoms with van der Waals surface area (Å²) >= 11 is 0. The van der Waals surface area contributed by atoms with Gasteiger partial charge in [0.15, 0.2) is 5.43 Å². The number of carbonyl (C=O) groups excluding carboxylic acids is 1. The molecule has 0 N–H and O–H groups in total. The number of amides is 1. The van der Waals surface area contributed by atoms with Gasteiger partial charge in [-0.15, -0.1) is 0 Å². The average molecular weight is 398 g/mol. The highest BCUT2D eigenvalue weighted by Crippen LogP contribution is 2.40. The van der Waals surface area contributed by atoms with Crippen LogP contribution in [-0.4, -0.2) is 18.0 Å². The Morgan fingerprint density at radius 2 is 1.80 bits per heavy atom. The van der Waals surface area contributed by atoms with Gasteiger partial charge >= 0.3 is 0 Å². The average Bonchev–Trinajstić information content (AvgIpc) is 3.06. The van der Waals surface area contributed by atoms with Gasteiger partial charge in [0.25, 0.3) is 5.91 Å². The molecule has 0 bridgehead atoms. The van der Waals surface area contributed by atoms with E-state index in [4.69, 9.17) is 9.15 Å². The molecule has 0 spiro atoms. The minimum atomic E-state index is -0.645. The summed E-state index contributed by atoms with van der Waals surface area (Å²) in [7, 11) is 1.59. The molecule has 0 aliphatic carbocycles. The minimum absolute atomic E-state index is 0.0582. The molecule has 4 aromatic rings. The largest absolute Gasteiger partial charge is 0.497 e. The Balaban J connectivity index is 1.80. The Hall–Kier alpha value is -3.93. The molecule has 0 saturated heterocycles. The quantitative estimate of drug-likeness (QED) is 0.516. The second-order valence-electron chi connectivity index (χ2n) is 7.21. The van der Waals surface area contributed by atoms with Crippen LogP contribution in [0.15, 0.2) is 76.1 Å². The van der Waals surface area contributed by atoms with Crippen molar-refractivity contribution < 1.29 is 13.9 Å². The highest BCUT2D eigenvalue weighted by Gasteiger charge is 2.44. The number of methoxy groups -OCH3 is 1. The predicted molar refractivity (Wildman–Crippen MR) is 113 cm³/mol. The lowest BCUT2D eigenvalue weighted by atomic mass is 9.98. The third-order valence-corrected chi connectivity index (χ3v) is 5.36. The number of rotatable bonds is 3. The highest BCUT2D eigenvalue weighted by atomic mass is 16.5. The second-order valence-corrected chi connectivity index (χ2v) is 7.21. The molecule has 5 rings (SSSR count). The monoisotopic (exact) mass is 398 g/mol. The third kappa shape index (κ3) is 2.69. The normalized spacial score (nSPS) is 15.5. The van der Waals surface area contributed by atoms with Gasteiger partial charge in [0.2, 0.25) is 5.76 Å². The fraction of sp³-hybridized carbons (Fsp3) is 0.125. The number of aromatic nitrogens is 1. The Bertz CT molecular complexity index is 1340. The van der Waals surface area contributed by atoms with Crippen molar-refractivity contribution in [2.45, 2.75) is 13.0 Å². The van der Waals surface area contributed by atoms with Crippen molar-refractivity contribution in [3.63, 3.8) is 0 Å². The van der Waals surface area contributed by atoms with Gasteiger partial charge in [-0.1, -0.05) is 24.3 Å². The molecule has 30 heavy (non-hydrogen) atoms. The van der Waals surface area contributed by atoms with Crippen LogP contribution < -0.4 is 15.1 Å². The molecular formula is C24H18N2O4. The molecule has 1 aliphatic rings. The van der Waals surface area contributed by atoms with Crippen molar-refractivity contribution in [3.8, 4) is 5.75 Å². The van der Waals surface area contributed by atoms with Crippen LogP contribution in [0.3, 0.4) is 0 Å². The Morgan fingerprint density at radius 1 is 1.03 bits per heavy atom. The van der Waals surface area contributed by atoms with E-state index in [1.165, 1.54) is 4.90 Å². The lowest BCUT2D eigenvalue weighted by molar-refractivity contribution is 0.0970. The predicted octanol–water partition coefficient (Wildman–Crippen LogP) is 4.25. The summed E-state index contributed by atoms with van der Waals surface area (Å²) < 4.78 is 11.2. The standard InChI is InChI=1S/C24H18N2O4/c1-14-11-12-25-19(13-14)26-21(15-7-9-16(29-2)10-8-15)20-22(27)17-5-3-4-6-18(17)30-23(20)24(26)28/h3-13,21H,1-2H3/t21-/m1/s1. The van der Waals surface area contributed by atoms with E-state index >= 15 is 0 Å². The van der Waals surface area contributed by atoms with E-state index in [0.29, 0.717) is 28.1 Å². The zero-order chi connectivity index (χ0) is 20.8. The number of hydrogen-bond acceptors (Lipinski definition) is 5. The number of anilines is 1. The topological polar surface area (TPSA) is 72.6 Å². The van der Waals surface area contributed by atoms with E-state index in [-0.39, 0.29) is 17.1 Å². The SMILES string of the molecule is COc1ccc([C@@H]2c3c(oc4ccccc4c3=O)C(=O)N2c2cc(C)ccn2)cc1. The molecule has 148 valence electrons. The lowest BCUT2D eigenvalue weighted by Gasteiger charge is -2.24. The van der Waals surface area contributed by atoms with Crippen molar-refractivity contribution in [2.75, 3.05) is 12.0 Å². The van der Waals surface area contributed by atoms with E-state index in [1.807, 2.05) is 43.3 Å². The number of carbonyl (C=O) groups is 1. The van der Waals surface area contributed by atoms with Crippen LogP contribution in [0.4, 0.5) is 5.82 Å². The Kier molecular flexibility index (Phi) is 4.13. The highest BCUT2D eigenvalue weighted by molar-refractivity contribution is 6.10. The fourth-order valence-corrected chi connectivity index (χ4v) is 3.91. The summed E-state index contributed by atoms with van der Waals surface area (Å²) in [5.41, 5.74) is 2.24. The summed E-state index contributed by atoms with van der Waals surface area (Å²) in [6.45, 7) is 1.93. The van der Waals surface area contributed by atoms with Gasteiger partial charge < -0.3 is 9.15 Å². The molecule has 6 heteroatoms. The van der Waals surface area contributed by atoms with E-state index in [1.54, 1.807) is 37.6 Å². The number of fused-ring (bicyclic) bond motifs is 2. The number of para-hydroxylation sites is 1. The summed E-state index contributed by atoms with van der Waals surface area (Å²) in [5.74, 6) is 0.833. The van der Waals surface area contributed by atoms with Gasteiger partial charge in [-0.25, -0.2) is 4.98 Å². The molecule has 1 atom stereocenters. The molecule has 0 radical (unpaired) electrons. The molecule has 0 fully saturated rings. The smallest absolute Gasteiger partial charge is 0.296 e. The number of aryl methyl sites for hydroxylation is 1. The van der Waals surface area contributed by atoms with Gasteiger partial charge in [0.1, 0.15) is 17.2 Å². The van der Waals surface area contributed by atoms with E-state index in [2.05, 4.69) is 4.98 Å². The van der Waals surface area contributed by atoms with Crippen molar-refractivity contribution >= 4 is 22.7 Å². The maximum absolute atomic E-state index is 13.4. The maximum atomic E-state index is 13.4. The van der Waals surface area contributed by atoms with Crippen LogP contribution in [0, 0.1) is 6.92 Å². The van der Waals surface area contributed by atoms with Crippen molar-refractivity contribution in [2.24, 2.45) is 0 Å². The Labute approximate surface area is 172 Å². The summed E-state index contributed by atoms with van der Waals surface area (Å²) in [4.78, 5) is 32.8. The van der Waals surface area contributed by atoms with Crippen LogP contribution in [0.5, 0.6) is 5.75 Å². The molecule has 2 aromatic carbocycles. The van der Waals surface area contributed by atoms with E-state index in [0.717, 1.165) is 11.1 Å². The number of nitrogens with zero attached hydrogens (tertiary/aromatic N) is 2. The first-order chi connectivity index (χ1) is 14.6. The first-order valence-corrected chi connectivity index (χ1v) is 9.54. The second kappa shape index (κ2) is 6.84. The zero-order valence-electron chi connectivity index (χ0n) is 16.5. The van der Waals surface area contributed by atoms with Crippen LogP contribution in [0.1, 0.15) is 33.3 Å². The summed E-state index contributed by atoms with van der Waals surface area (Å²) in [6, 6.07) is 17.3. The summed E-state index contributed by atoms with van der Waals surface area (Å²) in [5, 5.41) is 0.446. The molecule has 2 aromatic heterocycles. The number of benzene rings is 2. The first kappa shape index (κ1) is 18.1. The van der Waals surface area contributed by atoms with Crippen molar-refractivity contribution in [1.82, 2.24) is 4.98 Å². The van der Waals surface area contributed by atoms with Gasteiger partial charge in [-0.3, -0.25) is 14.5 Å². The van der Waals surface area contributed by atoms with Gasteiger partial charge in [-0.05, 0) is 54.4 Å². The van der Waals surface area contributed by atoms with E-state index in [9.17, 15) is 9.59 Å². The first-order valence-electron chi connectivity index (χ1n) is 9.54. The minimum Gasteiger partial charge on any atom is -0.497 e. The molecule has 1 amide bonds. The van der Waals surface area contributed by atoms with Gasteiger partial charge in [0.05, 0.1) is 24.1 Å². The number of ether oxygens (including phenoxy) is 1. The molecule has 6 nitrogen and oxygen atoms in total. The number of hydrogen-bond donors (Lipinski definition) is 0. The maximum Gasteiger partial charge on any atom is 0.296 e. The fourth-order valence-electron chi connectivity index (χ4n) is 3.91. The molecular weight excluding hydrogens is 380 g/mol. The zero-order valence-corrected chi connectivity index (χ0v) is 16.5. The van der Waals surface area contributed by atoms with Gasteiger partial charge in [-0.2, -0.15) is 0 Å². The van der Waals surface area contributed by atoms with Crippen molar-refractivity contribution in [1.29, 1.82) is 0 Å². The summed E-state index contributed by atoms with van der Waals surface area (Å²) in [6.07, 6.45) is 1.65. The van der Waals surface area contributed by atoms with Crippen LogP contribution in [-0.2, 0) is 0 Å². The van der Waals surface area contributed by atoms with E-state index < -0.39 is 6.04 Å². The lowest BCUT2D eigenvalue weighted by Crippen LogP contribution is -2.30. The number of pyridine rings is 1. The molecule has 0 saturated carbocycles. The van der Waals surface area contributed by atoms with Crippen LogP contribution in [0.25, 0.3) is 11.0 Å². The molecule has 1 aliphatic heterocycles. The molecule has 3 heterocycles. The molecule has 0 unspecified atom stereocenters. The van der Waals surface area contributed by atoms with Gasteiger partial charge in [0, 0.05) is 6.20 Å². The van der Waals surface area contributed by atoms with Crippen LogP contribution in [0.2, 0.25) is 0 Å². The van der Waals surface area contributed by atoms with Crippen LogP contribution >= 0.6 is 0 Å². The van der Waals surface area contributed by atoms with Crippen molar-refractivity contribution in [3.05, 3.63) is 99.5 Å². The Morgan fingerprint density at radius 3 is 2.53 bits per heavy atom. The third-order valence-electron chi connectivity index (χ3n) is 5.36.